The molecule has 0 bridgehead atoms. The number of halogens is 1. The number of carbonyl (C=O) groups excluding carboxylic acids is 2. The first-order valence-electron chi connectivity index (χ1n) is 6.91. The highest BCUT2D eigenvalue weighted by Gasteiger charge is 2.20. The Morgan fingerprint density at radius 3 is 2.62 bits per heavy atom. The van der Waals surface area contributed by atoms with Crippen LogP contribution in [-0.2, 0) is 9.53 Å². The molecule has 0 aliphatic heterocycles. The van der Waals surface area contributed by atoms with Crippen molar-refractivity contribution >= 4 is 29.2 Å². The van der Waals surface area contributed by atoms with Gasteiger partial charge in [-0.1, -0.05) is 24.9 Å². The van der Waals surface area contributed by atoms with Crippen LogP contribution in [-0.4, -0.2) is 24.0 Å². The molecular formula is C15H21ClN2O3. The highest BCUT2D eigenvalue weighted by Crippen LogP contribution is 2.20. The maximum atomic E-state index is 11.9. The van der Waals surface area contributed by atoms with Gasteiger partial charge in [0, 0.05) is 6.04 Å². The Morgan fingerprint density at radius 1 is 1.38 bits per heavy atom. The lowest BCUT2D eigenvalue weighted by molar-refractivity contribution is -0.129. The molecule has 2 unspecified atom stereocenters. The van der Waals surface area contributed by atoms with Crippen molar-refractivity contribution in [3.05, 3.63) is 28.8 Å². The summed E-state index contributed by atoms with van der Waals surface area (Å²) in [4.78, 5) is 23.8. The number of nitrogens with one attached hydrogen (secondary N) is 1. The van der Waals surface area contributed by atoms with Crippen LogP contribution in [0.1, 0.15) is 44.0 Å². The Balaban J connectivity index is 2.60. The molecule has 1 aromatic carbocycles. The summed E-state index contributed by atoms with van der Waals surface area (Å²) in [5, 5.41) is 3.07. The zero-order valence-electron chi connectivity index (χ0n) is 12.5. The number of carbonyl (C=O) groups is 2. The summed E-state index contributed by atoms with van der Waals surface area (Å²) >= 11 is 5.85. The van der Waals surface area contributed by atoms with Gasteiger partial charge < -0.3 is 15.8 Å². The van der Waals surface area contributed by atoms with Crippen LogP contribution in [0.5, 0.6) is 0 Å². The maximum Gasteiger partial charge on any atom is 0.338 e. The molecule has 6 heteroatoms. The van der Waals surface area contributed by atoms with Crippen LogP contribution in [0.3, 0.4) is 0 Å². The van der Waals surface area contributed by atoms with Gasteiger partial charge in [0.1, 0.15) is 0 Å². The highest BCUT2D eigenvalue weighted by atomic mass is 35.5. The van der Waals surface area contributed by atoms with Crippen molar-refractivity contribution in [3.8, 4) is 0 Å². The number of benzene rings is 1. The van der Waals surface area contributed by atoms with Gasteiger partial charge in [-0.15, -0.1) is 0 Å². The standard InChI is InChI=1S/C15H21ClN2O3/c1-4-5-9(2)18-14(19)10(3)21-15(20)11-6-7-13(17)12(16)8-11/h6-10H,4-5,17H2,1-3H3,(H,18,19). The van der Waals surface area contributed by atoms with Crippen molar-refractivity contribution < 1.29 is 14.3 Å². The Hall–Kier alpha value is -1.75. The third kappa shape index (κ3) is 5.27. The number of nitrogens with two attached hydrogens (primary N) is 1. The molecule has 0 spiro atoms. The molecule has 0 saturated carbocycles. The van der Waals surface area contributed by atoms with E-state index in [2.05, 4.69) is 5.32 Å². The number of nitrogen functional groups attached to an aromatic ring is 1. The Labute approximate surface area is 129 Å². The van der Waals surface area contributed by atoms with Gasteiger partial charge in [0.2, 0.25) is 0 Å². The summed E-state index contributed by atoms with van der Waals surface area (Å²) in [6.07, 6.45) is 0.979. The van der Waals surface area contributed by atoms with Crippen LogP contribution >= 0.6 is 11.6 Å². The molecule has 0 saturated heterocycles. The van der Waals surface area contributed by atoms with Crippen molar-refractivity contribution in [2.24, 2.45) is 0 Å². The zero-order valence-corrected chi connectivity index (χ0v) is 13.2. The van der Waals surface area contributed by atoms with Gasteiger partial charge in [0.15, 0.2) is 6.10 Å². The van der Waals surface area contributed by atoms with E-state index in [1.807, 2.05) is 13.8 Å². The van der Waals surface area contributed by atoms with E-state index in [-0.39, 0.29) is 22.5 Å². The molecule has 0 aliphatic carbocycles. The van der Waals surface area contributed by atoms with Gasteiger partial charge in [-0.3, -0.25) is 4.79 Å². The first kappa shape index (κ1) is 17.3. The first-order chi connectivity index (χ1) is 9.85. The van der Waals surface area contributed by atoms with Crippen LogP contribution in [0, 0.1) is 0 Å². The molecule has 0 radical (unpaired) electrons. The maximum absolute atomic E-state index is 11.9. The number of hydrogen-bond acceptors (Lipinski definition) is 4. The summed E-state index contributed by atoms with van der Waals surface area (Å²) < 4.78 is 5.12. The van der Waals surface area contributed by atoms with Crippen molar-refractivity contribution in [1.29, 1.82) is 0 Å². The van der Waals surface area contributed by atoms with E-state index in [0.29, 0.717) is 5.69 Å². The molecular weight excluding hydrogens is 292 g/mol. The minimum Gasteiger partial charge on any atom is -0.449 e. The van der Waals surface area contributed by atoms with Gasteiger partial charge in [0.25, 0.3) is 5.91 Å². The van der Waals surface area contributed by atoms with E-state index < -0.39 is 12.1 Å². The molecule has 0 aliphatic rings. The third-order valence-corrected chi connectivity index (χ3v) is 3.33. The summed E-state index contributed by atoms with van der Waals surface area (Å²) in [6, 6.07) is 4.50. The van der Waals surface area contributed by atoms with Crippen LogP contribution in [0.15, 0.2) is 18.2 Å². The second-order valence-electron chi connectivity index (χ2n) is 4.98. The fourth-order valence-electron chi connectivity index (χ4n) is 1.80. The monoisotopic (exact) mass is 312 g/mol. The summed E-state index contributed by atoms with van der Waals surface area (Å²) in [6.45, 7) is 5.48. The number of anilines is 1. The topological polar surface area (TPSA) is 81.4 Å². The molecule has 1 amide bonds. The molecule has 0 heterocycles. The third-order valence-electron chi connectivity index (χ3n) is 3.00. The smallest absolute Gasteiger partial charge is 0.338 e. The van der Waals surface area contributed by atoms with Gasteiger partial charge in [-0.05, 0) is 38.5 Å². The minimum atomic E-state index is -0.867. The average Bonchev–Trinajstić information content (AvgIpc) is 2.41. The highest BCUT2D eigenvalue weighted by molar-refractivity contribution is 6.33. The summed E-state index contributed by atoms with van der Waals surface area (Å²) in [5.74, 6) is -0.923. The molecule has 0 aromatic heterocycles. The minimum absolute atomic E-state index is 0.0506. The van der Waals surface area contributed by atoms with Crippen molar-refractivity contribution in [3.63, 3.8) is 0 Å². The van der Waals surface area contributed by atoms with Crippen molar-refractivity contribution in [2.75, 3.05) is 5.73 Å². The lowest BCUT2D eigenvalue weighted by Gasteiger charge is -2.17. The lowest BCUT2D eigenvalue weighted by atomic mass is 10.2. The lowest BCUT2D eigenvalue weighted by Crippen LogP contribution is -2.40. The van der Waals surface area contributed by atoms with Crippen LogP contribution in [0.2, 0.25) is 5.02 Å². The van der Waals surface area contributed by atoms with E-state index in [1.54, 1.807) is 0 Å². The first-order valence-corrected chi connectivity index (χ1v) is 7.29. The molecule has 116 valence electrons. The van der Waals surface area contributed by atoms with Crippen LogP contribution in [0.25, 0.3) is 0 Å². The number of amides is 1. The van der Waals surface area contributed by atoms with E-state index in [4.69, 9.17) is 22.1 Å². The molecule has 1 rings (SSSR count). The quantitative estimate of drug-likeness (QED) is 0.625. The van der Waals surface area contributed by atoms with Crippen LogP contribution in [0.4, 0.5) is 5.69 Å². The van der Waals surface area contributed by atoms with E-state index in [1.165, 1.54) is 25.1 Å². The molecule has 0 fully saturated rings. The number of esters is 1. The second kappa shape index (κ2) is 7.88. The zero-order chi connectivity index (χ0) is 16.0. The summed E-state index contributed by atoms with van der Waals surface area (Å²) in [7, 11) is 0. The number of ether oxygens (including phenoxy) is 1. The molecule has 2 atom stereocenters. The summed E-state index contributed by atoms with van der Waals surface area (Å²) in [5.41, 5.74) is 6.21. The largest absolute Gasteiger partial charge is 0.449 e. The molecule has 3 N–H and O–H groups in total. The second-order valence-corrected chi connectivity index (χ2v) is 5.39. The molecule has 1 aromatic rings. The van der Waals surface area contributed by atoms with E-state index >= 15 is 0 Å². The van der Waals surface area contributed by atoms with Gasteiger partial charge >= 0.3 is 5.97 Å². The van der Waals surface area contributed by atoms with E-state index in [9.17, 15) is 9.59 Å². The Bertz CT molecular complexity index is 520. The van der Waals surface area contributed by atoms with Crippen LogP contribution < -0.4 is 11.1 Å². The fourth-order valence-corrected chi connectivity index (χ4v) is 1.98. The predicted octanol–water partition coefficient (Wildman–Crippen LogP) is 2.77. The van der Waals surface area contributed by atoms with Gasteiger partial charge in [0.05, 0.1) is 16.3 Å². The molecule has 21 heavy (non-hydrogen) atoms. The van der Waals surface area contributed by atoms with Gasteiger partial charge in [-0.2, -0.15) is 0 Å². The van der Waals surface area contributed by atoms with Crippen molar-refractivity contribution in [2.45, 2.75) is 45.8 Å². The number of rotatable bonds is 6. The van der Waals surface area contributed by atoms with E-state index in [0.717, 1.165) is 12.8 Å². The normalized spacial score (nSPS) is 13.3. The Kier molecular flexibility index (Phi) is 6.49. The molecule has 5 nitrogen and oxygen atoms in total. The predicted molar refractivity (Wildman–Crippen MR) is 83.3 cm³/mol. The SMILES string of the molecule is CCCC(C)NC(=O)C(C)OC(=O)c1ccc(N)c(Cl)c1. The fraction of sp³-hybridized carbons (Fsp3) is 0.467. The average molecular weight is 313 g/mol. The number of hydrogen-bond donors (Lipinski definition) is 2. The van der Waals surface area contributed by atoms with Gasteiger partial charge in [-0.25, -0.2) is 4.79 Å². The van der Waals surface area contributed by atoms with Crippen molar-refractivity contribution in [1.82, 2.24) is 5.32 Å². The Morgan fingerprint density at radius 2 is 2.05 bits per heavy atom.